The van der Waals surface area contributed by atoms with Crippen LogP contribution >= 0.6 is 0 Å². The molecule has 1 unspecified atom stereocenters. The number of aliphatic imine (C=N–C) groups is 1. The Kier molecular flexibility index (Phi) is 4.26. The highest BCUT2D eigenvalue weighted by atomic mass is 16.6. The maximum absolute atomic E-state index is 11.7. The van der Waals surface area contributed by atoms with E-state index in [9.17, 15) is 9.59 Å². The highest BCUT2D eigenvalue weighted by Crippen LogP contribution is 2.20. The Bertz CT molecular complexity index is 323. The number of carbonyl (C=O) groups is 1. The van der Waals surface area contributed by atoms with Crippen molar-refractivity contribution >= 4 is 12.2 Å². The van der Waals surface area contributed by atoms with Gasteiger partial charge in [0, 0.05) is 6.61 Å². The lowest BCUT2D eigenvalue weighted by Gasteiger charge is -2.28. The fraction of sp³-hybridized carbons (Fsp3) is 0.818. The van der Waals surface area contributed by atoms with Crippen molar-refractivity contribution in [2.75, 3.05) is 19.8 Å². The second kappa shape index (κ2) is 5.29. The molecule has 1 fully saturated rings. The van der Waals surface area contributed by atoms with E-state index in [0.717, 1.165) is 0 Å². The molecule has 0 aromatic carbocycles. The zero-order valence-corrected chi connectivity index (χ0v) is 10.4. The van der Waals surface area contributed by atoms with E-state index in [4.69, 9.17) is 9.47 Å². The zero-order valence-electron chi connectivity index (χ0n) is 10.4. The Morgan fingerprint density at radius 2 is 2.29 bits per heavy atom. The van der Waals surface area contributed by atoms with Crippen LogP contribution in [0.15, 0.2) is 4.99 Å². The van der Waals surface area contributed by atoms with Crippen molar-refractivity contribution in [3.63, 3.8) is 0 Å². The van der Waals surface area contributed by atoms with Gasteiger partial charge in [-0.05, 0) is 27.2 Å². The summed E-state index contributed by atoms with van der Waals surface area (Å²) in [7, 11) is 0. The van der Waals surface area contributed by atoms with Crippen LogP contribution in [0.5, 0.6) is 0 Å². The largest absolute Gasteiger partial charge is 0.444 e. The molecule has 96 valence electrons. The minimum absolute atomic E-state index is 0.162. The average molecular weight is 242 g/mol. The molecule has 0 saturated carbocycles. The molecule has 0 bridgehead atoms. The Labute approximate surface area is 100 Å². The number of hydrogen-bond donors (Lipinski definition) is 1. The van der Waals surface area contributed by atoms with Gasteiger partial charge in [-0.15, -0.1) is 0 Å². The van der Waals surface area contributed by atoms with Gasteiger partial charge in [-0.25, -0.2) is 14.6 Å². The minimum atomic E-state index is -0.639. The van der Waals surface area contributed by atoms with Gasteiger partial charge in [0.1, 0.15) is 5.60 Å². The standard InChI is InChI=1S/C11H18N2O4/c1-10(2,3)17-9(15)13-11(6-12-8-14)4-5-16-7-11/h4-7H2,1-3H3,(H,13,15). The first-order valence-electron chi connectivity index (χ1n) is 5.49. The topological polar surface area (TPSA) is 77.0 Å². The highest BCUT2D eigenvalue weighted by molar-refractivity contribution is 5.69. The van der Waals surface area contributed by atoms with E-state index in [0.29, 0.717) is 19.6 Å². The number of amides is 1. The van der Waals surface area contributed by atoms with Crippen molar-refractivity contribution in [1.29, 1.82) is 0 Å². The minimum Gasteiger partial charge on any atom is -0.444 e. The quantitative estimate of drug-likeness (QED) is 0.591. The lowest BCUT2D eigenvalue weighted by atomic mass is 9.99. The third-order valence-corrected chi connectivity index (χ3v) is 2.32. The average Bonchev–Trinajstić information content (AvgIpc) is 2.60. The summed E-state index contributed by atoms with van der Waals surface area (Å²) in [5.41, 5.74) is -1.20. The SMILES string of the molecule is CC(C)(C)OC(=O)NC1(CN=C=O)CCOC1. The molecule has 0 spiro atoms. The Morgan fingerprint density at radius 3 is 2.76 bits per heavy atom. The van der Waals surface area contributed by atoms with Crippen molar-refractivity contribution in [3.05, 3.63) is 0 Å². The summed E-state index contributed by atoms with van der Waals surface area (Å²) in [6.45, 7) is 6.38. The second-order valence-electron chi connectivity index (χ2n) is 5.12. The molecule has 1 amide bonds. The van der Waals surface area contributed by atoms with Gasteiger partial charge in [0.25, 0.3) is 0 Å². The van der Waals surface area contributed by atoms with Crippen molar-refractivity contribution in [3.8, 4) is 0 Å². The van der Waals surface area contributed by atoms with Crippen molar-refractivity contribution < 1.29 is 19.1 Å². The molecule has 1 rings (SSSR count). The molecule has 1 saturated heterocycles. The Balaban J connectivity index is 2.61. The lowest BCUT2D eigenvalue weighted by Crippen LogP contribution is -2.52. The number of ether oxygens (including phenoxy) is 2. The first-order chi connectivity index (χ1) is 7.87. The van der Waals surface area contributed by atoms with E-state index in [1.165, 1.54) is 6.08 Å². The Morgan fingerprint density at radius 1 is 1.59 bits per heavy atom. The summed E-state index contributed by atoms with van der Waals surface area (Å²) in [5, 5.41) is 2.72. The van der Waals surface area contributed by atoms with Gasteiger partial charge in [0.15, 0.2) is 0 Å². The number of alkyl carbamates (subject to hydrolysis) is 1. The summed E-state index contributed by atoms with van der Waals surface area (Å²) < 4.78 is 10.4. The molecule has 1 aliphatic rings. The molecule has 1 N–H and O–H groups in total. The van der Waals surface area contributed by atoms with Crippen LogP contribution in [-0.4, -0.2) is 43.1 Å². The van der Waals surface area contributed by atoms with E-state index in [1.54, 1.807) is 20.8 Å². The second-order valence-corrected chi connectivity index (χ2v) is 5.12. The molecule has 0 radical (unpaired) electrons. The van der Waals surface area contributed by atoms with Gasteiger partial charge in [-0.1, -0.05) is 0 Å². The first kappa shape index (κ1) is 13.7. The van der Waals surface area contributed by atoms with Gasteiger partial charge >= 0.3 is 6.09 Å². The van der Waals surface area contributed by atoms with Crippen LogP contribution in [0.2, 0.25) is 0 Å². The molecule has 6 heteroatoms. The number of nitrogens with zero attached hydrogens (tertiary/aromatic N) is 1. The fourth-order valence-electron chi connectivity index (χ4n) is 1.57. The molecule has 1 aliphatic heterocycles. The zero-order chi connectivity index (χ0) is 12.9. The van der Waals surface area contributed by atoms with Crippen LogP contribution in [0.25, 0.3) is 0 Å². The molecular formula is C11H18N2O4. The fourth-order valence-corrected chi connectivity index (χ4v) is 1.57. The van der Waals surface area contributed by atoms with Crippen LogP contribution in [0.3, 0.4) is 0 Å². The normalized spacial score (nSPS) is 23.9. The smallest absolute Gasteiger partial charge is 0.408 e. The summed E-state index contributed by atoms with van der Waals surface area (Å²) in [6.07, 6.45) is 1.55. The number of hydrogen-bond acceptors (Lipinski definition) is 5. The van der Waals surface area contributed by atoms with Gasteiger partial charge in [-0.2, -0.15) is 0 Å². The molecule has 1 atom stereocenters. The highest BCUT2D eigenvalue weighted by Gasteiger charge is 2.37. The maximum Gasteiger partial charge on any atom is 0.408 e. The molecule has 6 nitrogen and oxygen atoms in total. The van der Waals surface area contributed by atoms with E-state index < -0.39 is 17.2 Å². The molecule has 0 aromatic rings. The molecule has 1 heterocycles. The Hall–Kier alpha value is -1.39. The van der Waals surface area contributed by atoms with E-state index in [1.807, 2.05) is 0 Å². The monoisotopic (exact) mass is 242 g/mol. The van der Waals surface area contributed by atoms with Crippen LogP contribution in [0.1, 0.15) is 27.2 Å². The summed E-state index contributed by atoms with van der Waals surface area (Å²) >= 11 is 0. The summed E-state index contributed by atoms with van der Waals surface area (Å²) in [6, 6.07) is 0. The van der Waals surface area contributed by atoms with E-state index in [-0.39, 0.29) is 6.54 Å². The molecule has 0 aromatic heterocycles. The number of nitrogens with one attached hydrogen (secondary N) is 1. The van der Waals surface area contributed by atoms with Crippen LogP contribution in [0.4, 0.5) is 4.79 Å². The van der Waals surface area contributed by atoms with Gasteiger partial charge in [-0.3, -0.25) is 0 Å². The molecule has 17 heavy (non-hydrogen) atoms. The number of carbonyl (C=O) groups excluding carboxylic acids is 2. The molecule has 0 aliphatic carbocycles. The third kappa shape index (κ3) is 4.54. The maximum atomic E-state index is 11.7. The summed E-state index contributed by atoms with van der Waals surface area (Å²) in [4.78, 5) is 25.3. The molecular weight excluding hydrogens is 224 g/mol. The predicted octanol–water partition coefficient (Wildman–Crippen LogP) is 1.01. The van der Waals surface area contributed by atoms with Gasteiger partial charge in [0.05, 0.1) is 18.7 Å². The van der Waals surface area contributed by atoms with Crippen LogP contribution in [0, 0.1) is 0 Å². The van der Waals surface area contributed by atoms with Crippen LogP contribution in [-0.2, 0) is 14.3 Å². The van der Waals surface area contributed by atoms with Gasteiger partial charge in [0.2, 0.25) is 6.08 Å². The van der Waals surface area contributed by atoms with Crippen molar-refractivity contribution in [2.24, 2.45) is 4.99 Å². The summed E-state index contributed by atoms with van der Waals surface area (Å²) in [5.74, 6) is 0. The number of rotatable bonds is 3. The van der Waals surface area contributed by atoms with Gasteiger partial charge < -0.3 is 14.8 Å². The van der Waals surface area contributed by atoms with E-state index in [2.05, 4.69) is 10.3 Å². The lowest BCUT2D eigenvalue weighted by molar-refractivity contribution is 0.0446. The van der Waals surface area contributed by atoms with Crippen LogP contribution < -0.4 is 5.32 Å². The third-order valence-electron chi connectivity index (χ3n) is 2.32. The van der Waals surface area contributed by atoms with E-state index >= 15 is 0 Å². The first-order valence-corrected chi connectivity index (χ1v) is 5.49. The van der Waals surface area contributed by atoms with Crippen molar-refractivity contribution in [2.45, 2.75) is 38.3 Å². The number of isocyanates is 1. The predicted molar refractivity (Wildman–Crippen MR) is 60.5 cm³/mol. The van der Waals surface area contributed by atoms with Crippen molar-refractivity contribution in [1.82, 2.24) is 5.32 Å².